The van der Waals surface area contributed by atoms with Gasteiger partial charge in [-0.2, -0.15) is 0 Å². The maximum Gasteiger partial charge on any atom is 0.00706 e. The number of piperidine rings is 1. The molecule has 2 aliphatic heterocycles. The zero-order chi connectivity index (χ0) is 7.73. The van der Waals surface area contributed by atoms with Crippen LogP contribution in [0.4, 0.5) is 0 Å². The summed E-state index contributed by atoms with van der Waals surface area (Å²) in [7, 11) is 0. The van der Waals surface area contributed by atoms with Gasteiger partial charge in [-0.15, -0.1) is 0 Å². The van der Waals surface area contributed by atoms with Crippen LogP contribution in [0.1, 0.15) is 26.2 Å². The van der Waals surface area contributed by atoms with Gasteiger partial charge in [0.2, 0.25) is 0 Å². The highest BCUT2D eigenvalue weighted by molar-refractivity contribution is 4.98. The second kappa shape index (κ2) is 2.76. The highest BCUT2D eigenvalue weighted by atomic mass is 15.0. The van der Waals surface area contributed by atoms with Crippen molar-refractivity contribution in [3.63, 3.8) is 0 Å². The molecule has 0 aliphatic carbocycles. The first-order chi connectivity index (χ1) is 5.35. The standard InChI is InChI=1S/C9H18N2/c1-2-8-5-9(3-4-11-8)6-10-7-9/h8,10-11H,2-7H2,1H3. The highest BCUT2D eigenvalue weighted by Gasteiger charge is 2.40. The van der Waals surface area contributed by atoms with Gasteiger partial charge < -0.3 is 10.6 Å². The molecule has 0 bridgehead atoms. The fourth-order valence-corrected chi connectivity index (χ4v) is 2.33. The Morgan fingerprint density at radius 3 is 2.82 bits per heavy atom. The zero-order valence-corrected chi connectivity index (χ0v) is 7.32. The maximum atomic E-state index is 3.56. The molecule has 2 nitrogen and oxygen atoms in total. The van der Waals surface area contributed by atoms with Crippen molar-refractivity contribution in [2.24, 2.45) is 5.41 Å². The third-order valence-electron chi connectivity index (χ3n) is 3.26. The molecule has 0 aromatic carbocycles. The lowest BCUT2D eigenvalue weighted by molar-refractivity contribution is 0.0896. The van der Waals surface area contributed by atoms with Crippen LogP contribution in [0.2, 0.25) is 0 Å². The Kier molecular flexibility index (Phi) is 1.90. The van der Waals surface area contributed by atoms with Crippen LogP contribution < -0.4 is 10.6 Å². The van der Waals surface area contributed by atoms with E-state index < -0.39 is 0 Å². The van der Waals surface area contributed by atoms with Gasteiger partial charge in [0.25, 0.3) is 0 Å². The van der Waals surface area contributed by atoms with Crippen molar-refractivity contribution in [1.29, 1.82) is 0 Å². The van der Waals surface area contributed by atoms with Crippen molar-refractivity contribution in [1.82, 2.24) is 10.6 Å². The molecule has 2 heterocycles. The third kappa shape index (κ3) is 1.30. The van der Waals surface area contributed by atoms with Crippen LogP contribution in [0, 0.1) is 5.41 Å². The van der Waals surface area contributed by atoms with Crippen molar-refractivity contribution in [3.05, 3.63) is 0 Å². The summed E-state index contributed by atoms with van der Waals surface area (Å²) in [4.78, 5) is 0. The molecule has 0 aromatic rings. The summed E-state index contributed by atoms with van der Waals surface area (Å²) in [6.07, 6.45) is 4.08. The van der Waals surface area contributed by atoms with E-state index in [9.17, 15) is 0 Å². The predicted molar refractivity (Wildman–Crippen MR) is 46.6 cm³/mol. The number of nitrogens with one attached hydrogen (secondary N) is 2. The largest absolute Gasteiger partial charge is 0.316 e. The second-order valence-electron chi connectivity index (χ2n) is 4.12. The van der Waals surface area contributed by atoms with Crippen LogP contribution >= 0.6 is 0 Å². The van der Waals surface area contributed by atoms with E-state index in [-0.39, 0.29) is 0 Å². The SMILES string of the molecule is CCC1CC2(CCN1)CNC2. The lowest BCUT2D eigenvalue weighted by atomic mass is 9.71. The molecular formula is C9H18N2. The van der Waals surface area contributed by atoms with Crippen LogP contribution in [0.5, 0.6) is 0 Å². The Labute approximate surface area is 68.7 Å². The Bertz CT molecular complexity index is 140. The summed E-state index contributed by atoms with van der Waals surface area (Å²) >= 11 is 0. The molecule has 64 valence electrons. The molecule has 2 fully saturated rings. The summed E-state index contributed by atoms with van der Waals surface area (Å²) in [6.45, 7) is 6.05. The summed E-state index contributed by atoms with van der Waals surface area (Å²) < 4.78 is 0. The average molecular weight is 154 g/mol. The van der Waals surface area contributed by atoms with Gasteiger partial charge in [-0.3, -0.25) is 0 Å². The monoisotopic (exact) mass is 154 g/mol. The van der Waals surface area contributed by atoms with E-state index in [0.717, 1.165) is 6.04 Å². The Morgan fingerprint density at radius 2 is 2.27 bits per heavy atom. The predicted octanol–water partition coefficient (Wildman–Crippen LogP) is 0.738. The van der Waals surface area contributed by atoms with Gasteiger partial charge in [0, 0.05) is 19.1 Å². The zero-order valence-electron chi connectivity index (χ0n) is 7.32. The number of rotatable bonds is 1. The van der Waals surface area contributed by atoms with E-state index in [1.807, 2.05) is 0 Å². The lowest BCUT2D eigenvalue weighted by Gasteiger charge is -2.48. The minimum absolute atomic E-state index is 0.700. The molecule has 1 atom stereocenters. The number of hydrogen-bond donors (Lipinski definition) is 2. The second-order valence-corrected chi connectivity index (χ2v) is 4.12. The molecule has 0 radical (unpaired) electrons. The fourth-order valence-electron chi connectivity index (χ4n) is 2.33. The molecule has 0 amide bonds. The molecule has 2 N–H and O–H groups in total. The molecule has 2 heteroatoms. The van der Waals surface area contributed by atoms with Gasteiger partial charge >= 0.3 is 0 Å². The van der Waals surface area contributed by atoms with Crippen molar-refractivity contribution in [2.45, 2.75) is 32.2 Å². The smallest absolute Gasteiger partial charge is 0.00706 e. The Morgan fingerprint density at radius 1 is 1.45 bits per heavy atom. The van der Waals surface area contributed by atoms with E-state index in [4.69, 9.17) is 0 Å². The quantitative estimate of drug-likeness (QED) is 0.582. The van der Waals surface area contributed by atoms with Crippen molar-refractivity contribution < 1.29 is 0 Å². The fraction of sp³-hybridized carbons (Fsp3) is 1.00. The normalized spacial score (nSPS) is 35.2. The Balaban J connectivity index is 1.92. The van der Waals surface area contributed by atoms with E-state index in [1.54, 1.807) is 0 Å². The van der Waals surface area contributed by atoms with Gasteiger partial charge in [-0.05, 0) is 31.2 Å². The molecule has 0 saturated carbocycles. The molecule has 0 aromatic heterocycles. The van der Waals surface area contributed by atoms with Gasteiger partial charge in [-0.1, -0.05) is 6.92 Å². The minimum Gasteiger partial charge on any atom is -0.316 e. The minimum atomic E-state index is 0.700. The topological polar surface area (TPSA) is 24.1 Å². The molecule has 1 spiro atoms. The summed E-state index contributed by atoms with van der Waals surface area (Å²) in [5.41, 5.74) is 0.700. The lowest BCUT2D eigenvalue weighted by Crippen LogP contribution is -2.59. The van der Waals surface area contributed by atoms with Crippen LogP contribution in [-0.4, -0.2) is 25.7 Å². The third-order valence-corrected chi connectivity index (χ3v) is 3.26. The van der Waals surface area contributed by atoms with Crippen LogP contribution in [0.25, 0.3) is 0 Å². The first kappa shape index (κ1) is 7.56. The van der Waals surface area contributed by atoms with Crippen LogP contribution in [-0.2, 0) is 0 Å². The van der Waals surface area contributed by atoms with Crippen LogP contribution in [0.3, 0.4) is 0 Å². The first-order valence-electron chi connectivity index (χ1n) is 4.79. The Hall–Kier alpha value is -0.0800. The molecule has 2 rings (SSSR count). The van der Waals surface area contributed by atoms with Gasteiger partial charge in [0.1, 0.15) is 0 Å². The summed E-state index contributed by atoms with van der Waals surface area (Å²) in [6, 6.07) is 0.797. The molecule has 1 unspecified atom stereocenters. The van der Waals surface area contributed by atoms with E-state index in [2.05, 4.69) is 17.6 Å². The summed E-state index contributed by atoms with van der Waals surface area (Å²) in [5.74, 6) is 0. The first-order valence-corrected chi connectivity index (χ1v) is 4.79. The van der Waals surface area contributed by atoms with Crippen molar-refractivity contribution in [3.8, 4) is 0 Å². The van der Waals surface area contributed by atoms with E-state index >= 15 is 0 Å². The maximum absolute atomic E-state index is 3.56. The van der Waals surface area contributed by atoms with Gasteiger partial charge in [0.15, 0.2) is 0 Å². The highest BCUT2D eigenvalue weighted by Crippen LogP contribution is 2.35. The van der Waals surface area contributed by atoms with E-state index in [1.165, 1.54) is 38.9 Å². The van der Waals surface area contributed by atoms with Crippen LogP contribution in [0.15, 0.2) is 0 Å². The van der Waals surface area contributed by atoms with Gasteiger partial charge in [-0.25, -0.2) is 0 Å². The van der Waals surface area contributed by atoms with Gasteiger partial charge in [0.05, 0.1) is 0 Å². The molecular weight excluding hydrogens is 136 g/mol. The molecule has 2 saturated heterocycles. The molecule has 2 aliphatic rings. The average Bonchev–Trinajstić information content (AvgIpc) is 2.02. The van der Waals surface area contributed by atoms with Crippen molar-refractivity contribution >= 4 is 0 Å². The summed E-state index contributed by atoms with van der Waals surface area (Å²) in [5, 5.41) is 6.95. The number of hydrogen-bond acceptors (Lipinski definition) is 2. The van der Waals surface area contributed by atoms with Crippen molar-refractivity contribution in [2.75, 3.05) is 19.6 Å². The molecule has 11 heavy (non-hydrogen) atoms. The van der Waals surface area contributed by atoms with E-state index in [0.29, 0.717) is 5.41 Å².